The van der Waals surface area contributed by atoms with E-state index < -0.39 is 40.2 Å². The number of nitro benzene ring substituents is 1. The predicted octanol–water partition coefficient (Wildman–Crippen LogP) is 1.20. The number of β-lactam (4-membered cyclic amide) rings is 1. The minimum Gasteiger partial charge on any atom is -0.477 e. The number of oxime groups is 1. The van der Waals surface area contributed by atoms with E-state index in [0.717, 1.165) is 16.2 Å². The van der Waals surface area contributed by atoms with Crippen LogP contribution in [0.1, 0.15) is 11.3 Å². The van der Waals surface area contributed by atoms with Crippen LogP contribution in [0.15, 0.2) is 51.2 Å². The van der Waals surface area contributed by atoms with Crippen LogP contribution in [-0.2, 0) is 37.6 Å². The van der Waals surface area contributed by atoms with Crippen molar-refractivity contribution in [1.82, 2.24) is 35.4 Å². The van der Waals surface area contributed by atoms with Crippen molar-refractivity contribution in [3.05, 3.63) is 62.3 Å². The third kappa shape index (κ3) is 6.92. The number of nitrogens with zero attached hydrogens (tertiary/aromatic N) is 8. The lowest BCUT2D eigenvalue weighted by Crippen LogP contribution is -2.71. The number of nitro groups is 1. The number of benzene rings is 1. The van der Waals surface area contributed by atoms with Crippen molar-refractivity contribution in [2.24, 2.45) is 12.2 Å². The number of amides is 3. The quantitative estimate of drug-likeness (QED) is 0.0794. The molecule has 0 bridgehead atoms. The maximum Gasteiger partial charge on any atom is 0.413 e. The number of carbonyl (C=O) groups is 4. The molecule has 0 radical (unpaired) electrons. The zero-order valence-corrected chi connectivity index (χ0v) is 26.1. The molecule has 5 rings (SSSR count). The maximum atomic E-state index is 13.2. The molecule has 3 N–H and O–H groups in total. The minimum atomic E-state index is -1.27. The van der Waals surface area contributed by atoms with Crippen LogP contribution in [-0.4, -0.2) is 99.7 Å². The van der Waals surface area contributed by atoms with Crippen LogP contribution >= 0.6 is 34.9 Å². The van der Waals surface area contributed by atoms with E-state index in [1.807, 2.05) is 0 Å². The van der Waals surface area contributed by atoms with Crippen LogP contribution in [0.25, 0.3) is 0 Å². The van der Waals surface area contributed by atoms with Crippen LogP contribution in [0, 0.1) is 10.1 Å². The van der Waals surface area contributed by atoms with Gasteiger partial charge in [-0.05, 0) is 33.7 Å². The monoisotopic (exact) mass is 690 g/mol. The molecule has 2 aliphatic rings. The Hall–Kier alpha value is -5.09. The third-order valence-electron chi connectivity index (χ3n) is 6.36. The highest BCUT2D eigenvalue weighted by molar-refractivity contribution is 8.01. The Morgan fingerprint density at radius 1 is 1.28 bits per heavy atom. The highest BCUT2D eigenvalue weighted by Crippen LogP contribution is 2.41. The van der Waals surface area contributed by atoms with Crippen molar-refractivity contribution in [2.75, 3.05) is 23.9 Å². The van der Waals surface area contributed by atoms with Crippen LogP contribution in [0.4, 0.5) is 15.6 Å². The standard InChI is InChI=1S/C24H22N10O9S3/c1-32-23(28-30-31-32)46-9-12-8-44-20-16(19(36)33(20)17(12)21(37)38)26-18(35)15(29-42-2)14-10-45-22(25-14)27-24(39)43-7-11-3-5-13(6-4-11)34(40)41/h3-6,10,16,20H,7-9H2,1-2H3,(H,26,35)(H,37,38)(H,25,27,39)/b29-15+. The molecule has 0 spiro atoms. The molecule has 0 saturated carbocycles. The summed E-state index contributed by atoms with van der Waals surface area (Å²) in [4.78, 5) is 71.1. The van der Waals surface area contributed by atoms with Crippen molar-refractivity contribution in [1.29, 1.82) is 0 Å². The molecule has 4 heterocycles. The molecule has 2 aromatic heterocycles. The summed E-state index contributed by atoms with van der Waals surface area (Å²) in [6.45, 7) is -0.162. The normalized spacial score (nSPS) is 17.6. The zero-order chi connectivity index (χ0) is 33.0. The Bertz CT molecular complexity index is 1760. The number of carbonyl (C=O) groups excluding carboxylic acids is 3. The Labute approximate surface area is 270 Å². The summed E-state index contributed by atoms with van der Waals surface area (Å²) in [5, 5.41) is 41.9. The molecule has 3 amide bonds. The van der Waals surface area contributed by atoms with E-state index in [4.69, 9.17) is 9.57 Å². The van der Waals surface area contributed by atoms with Gasteiger partial charge in [0.1, 0.15) is 36.5 Å². The summed E-state index contributed by atoms with van der Waals surface area (Å²) < 4.78 is 6.56. The molecule has 3 aromatic rings. The molecule has 2 unspecified atom stereocenters. The number of tetrazole rings is 1. The Kier molecular flexibility index (Phi) is 9.77. The van der Waals surface area contributed by atoms with E-state index >= 15 is 0 Å². The number of carboxylic acids is 1. The number of anilines is 1. The molecular weight excluding hydrogens is 669 g/mol. The molecule has 240 valence electrons. The van der Waals surface area contributed by atoms with E-state index in [1.54, 1.807) is 7.05 Å². The van der Waals surface area contributed by atoms with E-state index in [9.17, 15) is 34.4 Å². The second-order valence-corrected chi connectivity index (χ2v) is 12.2. The summed E-state index contributed by atoms with van der Waals surface area (Å²) in [7, 11) is 2.86. The summed E-state index contributed by atoms with van der Waals surface area (Å²) in [5.74, 6) is -2.16. The van der Waals surface area contributed by atoms with Crippen molar-refractivity contribution in [2.45, 2.75) is 23.2 Å². The lowest BCUT2D eigenvalue weighted by Gasteiger charge is -2.49. The second-order valence-electron chi connectivity index (χ2n) is 9.28. The van der Waals surface area contributed by atoms with Crippen molar-refractivity contribution in [3.8, 4) is 0 Å². The molecule has 1 aromatic carbocycles. The number of carboxylic acid groups (broad SMARTS) is 1. The molecule has 2 atom stereocenters. The molecule has 2 aliphatic heterocycles. The Morgan fingerprint density at radius 3 is 2.70 bits per heavy atom. The largest absolute Gasteiger partial charge is 0.477 e. The first-order valence-corrected chi connectivity index (χ1v) is 15.8. The number of aryl methyl sites for hydroxylation is 1. The number of fused-ring (bicyclic) bond motifs is 1. The summed E-state index contributed by atoms with van der Waals surface area (Å²) in [5.41, 5.74) is 0.516. The fourth-order valence-corrected chi connectivity index (χ4v) is 7.24. The third-order valence-corrected chi connectivity index (χ3v) is 9.56. The van der Waals surface area contributed by atoms with Crippen molar-refractivity contribution < 1.29 is 38.8 Å². The van der Waals surface area contributed by atoms with Crippen molar-refractivity contribution in [3.63, 3.8) is 0 Å². The van der Waals surface area contributed by atoms with Crippen molar-refractivity contribution >= 4 is 75.3 Å². The van der Waals surface area contributed by atoms with Gasteiger partial charge in [0.15, 0.2) is 10.8 Å². The number of non-ortho nitro benzene ring substituents is 1. The average molecular weight is 691 g/mol. The van der Waals surface area contributed by atoms with Gasteiger partial charge in [-0.25, -0.2) is 19.3 Å². The van der Waals surface area contributed by atoms with Crippen LogP contribution in [0.5, 0.6) is 0 Å². The molecule has 1 fully saturated rings. The minimum absolute atomic E-state index is 0.0265. The number of aliphatic carboxylic acids is 1. The maximum absolute atomic E-state index is 13.2. The van der Waals surface area contributed by atoms with Gasteiger partial charge in [0.25, 0.3) is 17.5 Å². The number of thioether (sulfide) groups is 2. The van der Waals surface area contributed by atoms with Gasteiger partial charge >= 0.3 is 12.1 Å². The lowest BCUT2D eigenvalue weighted by molar-refractivity contribution is -0.384. The van der Waals surface area contributed by atoms with Gasteiger partial charge in [-0.2, -0.15) is 0 Å². The molecule has 0 aliphatic carbocycles. The zero-order valence-electron chi connectivity index (χ0n) is 23.7. The second kappa shape index (κ2) is 13.9. The predicted molar refractivity (Wildman–Crippen MR) is 162 cm³/mol. The number of rotatable bonds is 12. The van der Waals surface area contributed by atoms with Crippen LogP contribution in [0.2, 0.25) is 0 Å². The average Bonchev–Trinajstić information content (AvgIpc) is 3.67. The molecule has 19 nitrogen and oxygen atoms in total. The number of ether oxygens (including phenoxy) is 1. The fourth-order valence-electron chi connectivity index (χ4n) is 4.22. The van der Waals surface area contributed by atoms with Crippen LogP contribution in [0.3, 0.4) is 0 Å². The highest BCUT2D eigenvalue weighted by atomic mass is 32.2. The number of hydrogen-bond acceptors (Lipinski definition) is 16. The van der Waals surface area contributed by atoms with Gasteiger partial charge in [-0.1, -0.05) is 16.9 Å². The first kappa shape index (κ1) is 32.3. The molecule has 22 heteroatoms. The van der Waals surface area contributed by atoms with Gasteiger partial charge in [-0.3, -0.25) is 29.9 Å². The van der Waals surface area contributed by atoms with E-state index in [-0.39, 0.29) is 40.3 Å². The Morgan fingerprint density at radius 2 is 2.04 bits per heavy atom. The SMILES string of the molecule is CO/N=C(/C(=O)NC1C(=O)N2C(C(=O)O)=C(CSc3nnnn3C)CSC12)c1csc(NC(=O)OCc2ccc([N+](=O)[O-])cc2)n1. The lowest BCUT2D eigenvalue weighted by atomic mass is 10.0. The smallest absolute Gasteiger partial charge is 0.413 e. The first-order valence-electron chi connectivity index (χ1n) is 12.9. The summed E-state index contributed by atoms with van der Waals surface area (Å²) in [6, 6.07) is 4.43. The Balaban J connectivity index is 1.19. The van der Waals surface area contributed by atoms with Crippen LogP contribution < -0.4 is 10.6 Å². The first-order chi connectivity index (χ1) is 22.1. The van der Waals surface area contributed by atoms with E-state index in [0.29, 0.717) is 22.0 Å². The van der Waals surface area contributed by atoms with E-state index in [1.165, 1.54) is 65.0 Å². The van der Waals surface area contributed by atoms with Gasteiger partial charge in [0.05, 0.1) is 4.92 Å². The molecule has 1 saturated heterocycles. The summed E-state index contributed by atoms with van der Waals surface area (Å²) >= 11 is 3.49. The van der Waals surface area contributed by atoms with Gasteiger partial charge in [0, 0.05) is 36.1 Å². The van der Waals surface area contributed by atoms with Gasteiger partial charge in [-0.15, -0.1) is 28.2 Å². The highest BCUT2D eigenvalue weighted by Gasteiger charge is 2.54. The number of nitrogens with one attached hydrogen (secondary N) is 2. The fraction of sp³-hybridized carbons (Fsp3) is 0.292. The van der Waals surface area contributed by atoms with Gasteiger partial charge in [0.2, 0.25) is 5.16 Å². The summed E-state index contributed by atoms with van der Waals surface area (Å²) in [6.07, 6.45) is -0.864. The van der Waals surface area contributed by atoms with E-state index in [2.05, 4.69) is 36.3 Å². The van der Waals surface area contributed by atoms with Gasteiger partial charge < -0.3 is 20.0 Å². The number of hydrogen-bond donors (Lipinski definition) is 3. The number of thiazole rings is 1. The molecular formula is C24H22N10O9S3. The molecule has 46 heavy (non-hydrogen) atoms. The topological polar surface area (TPSA) is 246 Å². The number of aromatic nitrogens is 5.